The quantitative estimate of drug-likeness (QED) is 0.373. The molecule has 1 fully saturated rings. The zero-order valence-corrected chi connectivity index (χ0v) is 20.8. The SMILES string of the molecule is O=C(Nc1ccc(Oc2ncnc3c2CCNC3)cn1)c1cn(CC2CC2)c(=O)n(-c2ccc(F)cc2)c1=O. The van der Waals surface area contributed by atoms with Gasteiger partial charge in [0.15, 0.2) is 0 Å². The molecule has 12 heteroatoms. The van der Waals surface area contributed by atoms with Crippen LogP contribution < -0.4 is 26.6 Å². The molecule has 1 aliphatic carbocycles. The molecule has 0 atom stereocenters. The third kappa shape index (κ3) is 5.18. The lowest BCUT2D eigenvalue weighted by molar-refractivity contribution is 0.102. The molecule has 2 aliphatic rings. The topological polar surface area (TPSA) is 133 Å². The summed E-state index contributed by atoms with van der Waals surface area (Å²) in [7, 11) is 0. The van der Waals surface area contributed by atoms with Gasteiger partial charge in [-0.2, -0.15) is 0 Å². The minimum Gasteiger partial charge on any atom is -0.437 e. The van der Waals surface area contributed by atoms with Crippen molar-refractivity contribution in [2.75, 3.05) is 11.9 Å². The molecule has 6 rings (SSSR count). The third-order valence-corrected chi connectivity index (χ3v) is 6.67. The highest BCUT2D eigenvalue weighted by Crippen LogP contribution is 2.30. The van der Waals surface area contributed by atoms with Crippen molar-refractivity contribution in [2.24, 2.45) is 5.92 Å². The van der Waals surface area contributed by atoms with Crippen LogP contribution in [0.4, 0.5) is 10.2 Å². The smallest absolute Gasteiger partial charge is 0.335 e. The molecule has 1 aliphatic heterocycles. The average Bonchev–Trinajstić information content (AvgIpc) is 3.77. The van der Waals surface area contributed by atoms with Crippen molar-refractivity contribution in [2.45, 2.75) is 32.4 Å². The fourth-order valence-corrected chi connectivity index (χ4v) is 4.44. The lowest BCUT2D eigenvalue weighted by Crippen LogP contribution is -2.42. The van der Waals surface area contributed by atoms with Crippen molar-refractivity contribution in [3.63, 3.8) is 0 Å². The van der Waals surface area contributed by atoms with E-state index in [9.17, 15) is 18.8 Å². The summed E-state index contributed by atoms with van der Waals surface area (Å²) < 4.78 is 21.6. The van der Waals surface area contributed by atoms with Crippen molar-refractivity contribution in [1.82, 2.24) is 29.4 Å². The molecule has 4 heterocycles. The highest BCUT2D eigenvalue weighted by Gasteiger charge is 2.25. The number of halogens is 1. The Labute approximate surface area is 221 Å². The molecule has 11 nitrogen and oxygen atoms in total. The predicted octanol–water partition coefficient (Wildman–Crippen LogP) is 2.42. The van der Waals surface area contributed by atoms with Crippen molar-refractivity contribution in [3.8, 4) is 17.3 Å². The monoisotopic (exact) mass is 529 g/mol. The van der Waals surface area contributed by atoms with Crippen LogP contribution in [0, 0.1) is 11.7 Å². The fraction of sp³-hybridized carbons (Fsp3) is 0.259. The number of rotatable bonds is 7. The van der Waals surface area contributed by atoms with E-state index < -0.39 is 23.0 Å². The zero-order chi connectivity index (χ0) is 26.9. The molecule has 0 bridgehead atoms. The summed E-state index contributed by atoms with van der Waals surface area (Å²) in [4.78, 5) is 52.3. The first kappa shape index (κ1) is 24.6. The van der Waals surface area contributed by atoms with Crippen molar-refractivity contribution < 1.29 is 13.9 Å². The highest BCUT2D eigenvalue weighted by atomic mass is 19.1. The Hall–Kier alpha value is -4.71. The summed E-state index contributed by atoms with van der Waals surface area (Å²) in [5.74, 6) is 0.147. The highest BCUT2D eigenvalue weighted by molar-refractivity contribution is 6.03. The fourth-order valence-electron chi connectivity index (χ4n) is 4.44. The van der Waals surface area contributed by atoms with Gasteiger partial charge in [-0.05, 0) is 68.1 Å². The van der Waals surface area contributed by atoms with E-state index in [4.69, 9.17) is 4.74 Å². The predicted molar refractivity (Wildman–Crippen MR) is 139 cm³/mol. The van der Waals surface area contributed by atoms with E-state index >= 15 is 0 Å². The molecule has 0 unspecified atom stereocenters. The number of aromatic nitrogens is 5. The Morgan fingerprint density at radius 1 is 1.10 bits per heavy atom. The van der Waals surface area contributed by atoms with Gasteiger partial charge in [-0.3, -0.25) is 14.2 Å². The van der Waals surface area contributed by atoms with Crippen LogP contribution in [0.25, 0.3) is 5.69 Å². The first-order valence-corrected chi connectivity index (χ1v) is 12.6. The second kappa shape index (κ2) is 10.2. The van der Waals surface area contributed by atoms with Crippen LogP contribution in [0.2, 0.25) is 0 Å². The number of ether oxygens (including phenoxy) is 1. The molecular formula is C27H24FN7O4. The summed E-state index contributed by atoms with van der Waals surface area (Å²) in [6.45, 7) is 1.83. The number of anilines is 1. The summed E-state index contributed by atoms with van der Waals surface area (Å²) in [6.07, 6.45) is 6.85. The molecule has 1 amide bonds. The number of hydrogen-bond donors (Lipinski definition) is 2. The molecule has 198 valence electrons. The summed E-state index contributed by atoms with van der Waals surface area (Å²) >= 11 is 0. The van der Waals surface area contributed by atoms with Gasteiger partial charge in [0.05, 0.1) is 17.6 Å². The molecular weight excluding hydrogens is 505 g/mol. The second-order valence-corrected chi connectivity index (χ2v) is 9.50. The number of amides is 1. The number of fused-ring (bicyclic) bond motifs is 1. The molecule has 2 N–H and O–H groups in total. The number of nitrogens with one attached hydrogen (secondary N) is 2. The standard InChI is InChI=1S/C27H24FN7O4/c28-17-3-5-18(6-4-17)35-26(37)21(14-34(27(35)38)13-16-1-2-16)24(36)33-23-8-7-19(11-30-23)39-25-20-9-10-29-12-22(20)31-15-32-25/h3-8,11,14-16,29H,1-2,9-10,12-13H2,(H,30,33,36). The summed E-state index contributed by atoms with van der Waals surface area (Å²) in [5.41, 5.74) is 0.372. The molecule has 3 aromatic heterocycles. The minimum atomic E-state index is -0.806. The number of carbonyl (C=O) groups is 1. The van der Waals surface area contributed by atoms with Crippen LogP contribution >= 0.6 is 0 Å². The van der Waals surface area contributed by atoms with Crippen molar-refractivity contribution >= 4 is 11.7 Å². The largest absolute Gasteiger partial charge is 0.437 e. The maximum absolute atomic E-state index is 13.5. The lowest BCUT2D eigenvalue weighted by Gasteiger charge is -2.18. The Morgan fingerprint density at radius 3 is 2.67 bits per heavy atom. The second-order valence-electron chi connectivity index (χ2n) is 9.50. The molecule has 4 aromatic rings. The lowest BCUT2D eigenvalue weighted by atomic mass is 10.1. The Morgan fingerprint density at radius 2 is 1.92 bits per heavy atom. The molecule has 39 heavy (non-hydrogen) atoms. The maximum atomic E-state index is 13.5. The van der Waals surface area contributed by atoms with Crippen LogP contribution in [0.5, 0.6) is 11.6 Å². The summed E-state index contributed by atoms with van der Waals surface area (Å²) in [5, 5.41) is 5.87. The molecule has 1 saturated carbocycles. The van der Waals surface area contributed by atoms with Gasteiger partial charge in [0.1, 0.15) is 29.3 Å². The van der Waals surface area contributed by atoms with Crippen LogP contribution in [0.3, 0.4) is 0 Å². The van der Waals surface area contributed by atoms with E-state index in [2.05, 4.69) is 25.6 Å². The number of pyridine rings is 1. The Bertz CT molecular complexity index is 1660. The maximum Gasteiger partial charge on any atom is 0.335 e. The first-order chi connectivity index (χ1) is 19.0. The van der Waals surface area contributed by atoms with Gasteiger partial charge in [-0.25, -0.2) is 28.7 Å². The minimum absolute atomic E-state index is 0.174. The van der Waals surface area contributed by atoms with Crippen LogP contribution in [-0.4, -0.2) is 36.5 Å². The van der Waals surface area contributed by atoms with Crippen LogP contribution in [0.15, 0.2) is 64.7 Å². The van der Waals surface area contributed by atoms with E-state index in [-0.39, 0.29) is 17.1 Å². The Balaban J connectivity index is 1.26. The van der Waals surface area contributed by atoms with Gasteiger partial charge in [-0.1, -0.05) is 0 Å². The van der Waals surface area contributed by atoms with Gasteiger partial charge in [0.2, 0.25) is 5.88 Å². The molecule has 0 spiro atoms. The van der Waals surface area contributed by atoms with Crippen LogP contribution in [0.1, 0.15) is 34.5 Å². The van der Waals surface area contributed by atoms with E-state index in [0.29, 0.717) is 30.6 Å². The van der Waals surface area contributed by atoms with E-state index in [0.717, 1.165) is 53.8 Å². The van der Waals surface area contributed by atoms with Crippen molar-refractivity contribution in [3.05, 3.63) is 98.6 Å². The summed E-state index contributed by atoms with van der Waals surface area (Å²) in [6, 6.07) is 8.13. The van der Waals surface area contributed by atoms with E-state index in [1.54, 1.807) is 12.1 Å². The number of carbonyl (C=O) groups excluding carboxylic acids is 1. The number of hydrogen-bond acceptors (Lipinski definition) is 8. The zero-order valence-electron chi connectivity index (χ0n) is 20.8. The van der Waals surface area contributed by atoms with Gasteiger partial charge in [0.25, 0.3) is 11.5 Å². The van der Waals surface area contributed by atoms with E-state index in [1.807, 2.05) is 0 Å². The molecule has 1 aromatic carbocycles. The van der Waals surface area contributed by atoms with Gasteiger partial charge in [0, 0.05) is 24.8 Å². The molecule has 0 radical (unpaired) electrons. The normalized spacial score (nSPS) is 14.5. The average molecular weight is 530 g/mol. The van der Waals surface area contributed by atoms with Gasteiger partial charge < -0.3 is 15.4 Å². The number of benzene rings is 1. The van der Waals surface area contributed by atoms with Gasteiger partial charge >= 0.3 is 5.69 Å². The van der Waals surface area contributed by atoms with Gasteiger partial charge in [-0.15, -0.1) is 0 Å². The first-order valence-electron chi connectivity index (χ1n) is 12.6. The Kier molecular flexibility index (Phi) is 6.45. The number of nitrogens with zero attached hydrogens (tertiary/aromatic N) is 5. The van der Waals surface area contributed by atoms with E-state index in [1.165, 1.54) is 35.4 Å². The molecule has 0 saturated heterocycles. The van der Waals surface area contributed by atoms with Crippen molar-refractivity contribution in [1.29, 1.82) is 0 Å². The van der Waals surface area contributed by atoms with Crippen LogP contribution in [-0.2, 0) is 19.5 Å². The third-order valence-electron chi connectivity index (χ3n) is 6.67.